The largest absolute Gasteiger partial charge is 0.238 e. The number of rotatable bonds is 4. The van der Waals surface area contributed by atoms with E-state index in [1.165, 1.54) is 12.8 Å². The van der Waals surface area contributed by atoms with Crippen molar-refractivity contribution in [2.75, 3.05) is 0 Å². The molecule has 0 fully saturated rings. The third-order valence-electron chi connectivity index (χ3n) is 2.21. The first kappa shape index (κ1) is 11.2. The van der Waals surface area contributed by atoms with Crippen LogP contribution in [0.15, 0.2) is 6.07 Å². The summed E-state index contributed by atoms with van der Waals surface area (Å²) in [7, 11) is 0. The predicted molar refractivity (Wildman–Crippen MR) is 59.3 cm³/mol. The third-order valence-corrected chi connectivity index (χ3v) is 2.21. The van der Waals surface area contributed by atoms with Crippen LogP contribution in [0.2, 0.25) is 0 Å². The van der Waals surface area contributed by atoms with Gasteiger partial charge in [-0.1, -0.05) is 20.3 Å². The van der Waals surface area contributed by atoms with E-state index in [0.717, 1.165) is 29.6 Å². The van der Waals surface area contributed by atoms with Gasteiger partial charge in [0.05, 0.1) is 0 Å². The fourth-order valence-electron chi connectivity index (χ4n) is 1.58. The van der Waals surface area contributed by atoms with Crippen molar-refractivity contribution in [3.8, 4) is 0 Å². The molecule has 0 aliphatic rings. The Balaban J connectivity index is 2.50. The predicted octanol–water partition coefficient (Wildman–Crippen LogP) is 3.07. The first-order valence-corrected chi connectivity index (χ1v) is 5.39. The number of hydrogen-bond acceptors (Lipinski definition) is 2. The SMILES string of the molecule is Cc1cc(C)nc(CCCC(C)C)n1. The molecule has 2 heteroatoms. The highest BCUT2D eigenvalue weighted by atomic mass is 14.9. The zero-order chi connectivity index (χ0) is 10.6. The number of nitrogens with zero attached hydrogens (tertiary/aromatic N) is 2. The lowest BCUT2D eigenvalue weighted by atomic mass is 10.1. The highest BCUT2D eigenvalue weighted by Gasteiger charge is 2.00. The second kappa shape index (κ2) is 5.08. The van der Waals surface area contributed by atoms with Crippen molar-refractivity contribution in [3.63, 3.8) is 0 Å². The highest BCUT2D eigenvalue weighted by Crippen LogP contribution is 2.08. The lowest BCUT2D eigenvalue weighted by Gasteiger charge is -2.05. The summed E-state index contributed by atoms with van der Waals surface area (Å²) < 4.78 is 0. The highest BCUT2D eigenvalue weighted by molar-refractivity contribution is 5.08. The van der Waals surface area contributed by atoms with E-state index in [-0.39, 0.29) is 0 Å². The van der Waals surface area contributed by atoms with Crippen LogP contribution in [-0.2, 0) is 6.42 Å². The number of hydrogen-bond donors (Lipinski definition) is 0. The molecule has 0 saturated carbocycles. The summed E-state index contributed by atoms with van der Waals surface area (Å²) in [6, 6.07) is 2.02. The van der Waals surface area contributed by atoms with Gasteiger partial charge in [0.2, 0.25) is 0 Å². The summed E-state index contributed by atoms with van der Waals surface area (Å²) in [4.78, 5) is 8.84. The molecule has 14 heavy (non-hydrogen) atoms. The van der Waals surface area contributed by atoms with Gasteiger partial charge in [-0.15, -0.1) is 0 Å². The van der Waals surface area contributed by atoms with Crippen LogP contribution in [0.3, 0.4) is 0 Å². The van der Waals surface area contributed by atoms with E-state index in [0.29, 0.717) is 0 Å². The van der Waals surface area contributed by atoms with Crippen molar-refractivity contribution in [1.29, 1.82) is 0 Å². The molecule has 1 rings (SSSR count). The molecule has 0 N–H and O–H groups in total. The summed E-state index contributed by atoms with van der Waals surface area (Å²) in [5, 5.41) is 0. The first-order valence-electron chi connectivity index (χ1n) is 5.39. The van der Waals surface area contributed by atoms with E-state index in [9.17, 15) is 0 Å². The Morgan fingerprint density at radius 1 is 1.14 bits per heavy atom. The molecule has 0 aliphatic carbocycles. The van der Waals surface area contributed by atoms with E-state index in [4.69, 9.17) is 0 Å². The average molecular weight is 192 g/mol. The smallest absolute Gasteiger partial charge is 0.128 e. The second-order valence-corrected chi connectivity index (χ2v) is 4.35. The molecule has 0 atom stereocenters. The fourth-order valence-corrected chi connectivity index (χ4v) is 1.58. The normalized spacial score (nSPS) is 10.9. The quantitative estimate of drug-likeness (QED) is 0.732. The monoisotopic (exact) mass is 192 g/mol. The van der Waals surface area contributed by atoms with Crippen LogP contribution in [0.5, 0.6) is 0 Å². The molecule has 1 heterocycles. The van der Waals surface area contributed by atoms with Gasteiger partial charge in [-0.2, -0.15) is 0 Å². The van der Waals surface area contributed by atoms with Crippen LogP contribution in [-0.4, -0.2) is 9.97 Å². The molecule has 0 unspecified atom stereocenters. The summed E-state index contributed by atoms with van der Waals surface area (Å²) in [5.74, 6) is 1.78. The average Bonchev–Trinajstić information content (AvgIpc) is 2.01. The van der Waals surface area contributed by atoms with Gasteiger partial charge >= 0.3 is 0 Å². The maximum absolute atomic E-state index is 4.42. The summed E-state index contributed by atoms with van der Waals surface area (Å²) in [5.41, 5.74) is 2.16. The van der Waals surface area contributed by atoms with Gasteiger partial charge in [0, 0.05) is 17.8 Å². The molecule has 0 bridgehead atoms. The lowest BCUT2D eigenvalue weighted by molar-refractivity contribution is 0.548. The van der Waals surface area contributed by atoms with Crippen molar-refractivity contribution in [3.05, 3.63) is 23.3 Å². The van der Waals surface area contributed by atoms with Gasteiger partial charge in [-0.05, 0) is 32.3 Å². The van der Waals surface area contributed by atoms with Crippen molar-refractivity contribution >= 4 is 0 Å². The van der Waals surface area contributed by atoms with Gasteiger partial charge in [-0.3, -0.25) is 0 Å². The molecule has 0 amide bonds. The van der Waals surface area contributed by atoms with Crippen LogP contribution < -0.4 is 0 Å². The number of aromatic nitrogens is 2. The zero-order valence-corrected chi connectivity index (χ0v) is 9.67. The first-order chi connectivity index (χ1) is 6.58. The van der Waals surface area contributed by atoms with Gasteiger partial charge in [0.15, 0.2) is 0 Å². The van der Waals surface area contributed by atoms with Crippen molar-refractivity contribution in [1.82, 2.24) is 9.97 Å². The van der Waals surface area contributed by atoms with E-state index in [1.54, 1.807) is 0 Å². The van der Waals surface area contributed by atoms with E-state index in [2.05, 4.69) is 23.8 Å². The van der Waals surface area contributed by atoms with Gasteiger partial charge < -0.3 is 0 Å². The number of aryl methyl sites for hydroxylation is 3. The minimum atomic E-state index is 0.779. The molecular formula is C12H20N2. The Bertz CT molecular complexity index is 272. The standard InChI is InChI=1S/C12H20N2/c1-9(2)6-5-7-12-13-10(3)8-11(4)14-12/h8-9H,5-7H2,1-4H3. The van der Waals surface area contributed by atoms with E-state index >= 15 is 0 Å². The Hall–Kier alpha value is -0.920. The molecule has 0 saturated heterocycles. The van der Waals surface area contributed by atoms with Gasteiger partial charge in [-0.25, -0.2) is 9.97 Å². The Kier molecular flexibility index (Phi) is 4.05. The van der Waals surface area contributed by atoms with Crippen LogP contribution in [0, 0.1) is 19.8 Å². The summed E-state index contributed by atoms with van der Waals surface area (Å²) >= 11 is 0. The fraction of sp³-hybridized carbons (Fsp3) is 0.667. The van der Waals surface area contributed by atoms with Gasteiger partial charge in [0.1, 0.15) is 5.82 Å². The summed E-state index contributed by atoms with van der Waals surface area (Å²) in [6.45, 7) is 8.56. The molecule has 1 aromatic heterocycles. The molecule has 0 aliphatic heterocycles. The van der Waals surface area contributed by atoms with Crippen LogP contribution in [0.1, 0.15) is 43.9 Å². The third kappa shape index (κ3) is 3.86. The van der Waals surface area contributed by atoms with E-state index in [1.807, 2.05) is 19.9 Å². The Morgan fingerprint density at radius 3 is 2.21 bits per heavy atom. The van der Waals surface area contributed by atoms with Crippen LogP contribution in [0.25, 0.3) is 0 Å². The minimum Gasteiger partial charge on any atom is -0.238 e. The van der Waals surface area contributed by atoms with Crippen molar-refractivity contribution in [2.24, 2.45) is 5.92 Å². The molecule has 0 radical (unpaired) electrons. The molecular weight excluding hydrogens is 172 g/mol. The zero-order valence-electron chi connectivity index (χ0n) is 9.67. The maximum Gasteiger partial charge on any atom is 0.128 e. The maximum atomic E-state index is 4.42. The summed E-state index contributed by atoms with van der Waals surface area (Å²) in [6.07, 6.45) is 3.47. The Labute approximate surface area is 86.8 Å². The second-order valence-electron chi connectivity index (χ2n) is 4.35. The molecule has 1 aromatic rings. The van der Waals surface area contributed by atoms with Gasteiger partial charge in [0.25, 0.3) is 0 Å². The molecule has 2 nitrogen and oxygen atoms in total. The van der Waals surface area contributed by atoms with Crippen molar-refractivity contribution in [2.45, 2.75) is 47.0 Å². The molecule has 0 aromatic carbocycles. The minimum absolute atomic E-state index is 0.779. The molecule has 78 valence electrons. The van der Waals surface area contributed by atoms with E-state index < -0.39 is 0 Å². The Morgan fingerprint density at radius 2 is 1.71 bits per heavy atom. The lowest BCUT2D eigenvalue weighted by Crippen LogP contribution is -2.00. The van der Waals surface area contributed by atoms with Crippen molar-refractivity contribution < 1.29 is 0 Å². The van der Waals surface area contributed by atoms with Crippen LogP contribution in [0.4, 0.5) is 0 Å². The van der Waals surface area contributed by atoms with Crippen LogP contribution >= 0.6 is 0 Å². The topological polar surface area (TPSA) is 25.8 Å². The molecule has 0 spiro atoms.